The lowest BCUT2D eigenvalue weighted by Crippen LogP contribution is -2.54. The minimum Gasteiger partial charge on any atom is -0.358 e. The molecule has 0 aliphatic carbocycles. The standard InChI is InChI=1S/C17H18N4O3/c1-10-14(11-5-3-4-6-12(11)18-10)16(23)20-7-8-21-13(9-20)15(22)19(2)17(21)24/h3-6,13,18H,7-9H2,1-2H3. The fourth-order valence-electron chi connectivity index (χ4n) is 3.63. The van der Waals surface area contributed by atoms with Crippen molar-refractivity contribution in [2.24, 2.45) is 0 Å². The quantitative estimate of drug-likeness (QED) is 0.800. The number of piperazine rings is 1. The normalized spacial score (nSPS) is 20.9. The molecular formula is C17H18N4O3. The van der Waals surface area contributed by atoms with Gasteiger partial charge in [-0.15, -0.1) is 0 Å². The lowest BCUT2D eigenvalue weighted by Gasteiger charge is -2.35. The maximum Gasteiger partial charge on any atom is 0.327 e. The molecule has 2 aliphatic heterocycles. The highest BCUT2D eigenvalue weighted by atomic mass is 16.2. The zero-order chi connectivity index (χ0) is 17.0. The molecule has 7 heteroatoms. The van der Waals surface area contributed by atoms with E-state index in [1.165, 1.54) is 7.05 Å². The molecule has 1 N–H and O–H groups in total. The Balaban J connectivity index is 1.65. The number of aromatic amines is 1. The van der Waals surface area contributed by atoms with Crippen LogP contribution in [0.15, 0.2) is 24.3 Å². The molecule has 1 aromatic carbocycles. The highest BCUT2D eigenvalue weighted by Gasteiger charge is 2.46. The van der Waals surface area contributed by atoms with Crippen molar-refractivity contribution in [3.63, 3.8) is 0 Å². The van der Waals surface area contributed by atoms with E-state index in [9.17, 15) is 14.4 Å². The molecule has 0 spiro atoms. The van der Waals surface area contributed by atoms with Crippen molar-refractivity contribution in [2.45, 2.75) is 13.0 Å². The van der Waals surface area contributed by atoms with Gasteiger partial charge in [0.1, 0.15) is 6.04 Å². The summed E-state index contributed by atoms with van der Waals surface area (Å²) in [5.74, 6) is -0.340. The molecule has 4 amide bonds. The molecule has 1 atom stereocenters. The Morgan fingerprint density at radius 1 is 1.21 bits per heavy atom. The number of aryl methyl sites for hydroxylation is 1. The van der Waals surface area contributed by atoms with Crippen LogP contribution in [-0.4, -0.2) is 70.3 Å². The van der Waals surface area contributed by atoms with Gasteiger partial charge in [0, 0.05) is 36.7 Å². The molecule has 2 aromatic rings. The van der Waals surface area contributed by atoms with Crippen LogP contribution in [0, 0.1) is 6.92 Å². The highest BCUT2D eigenvalue weighted by molar-refractivity contribution is 6.09. The van der Waals surface area contributed by atoms with E-state index in [0.29, 0.717) is 18.7 Å². The predicted molar refractivity (Wildman–Crippen MR) is 87.6 cm³/mol. The summed E-state index contributed by atoms with van der Waals surface area (Å²) in [7, 11) is 1.49. The maximum absolute atomic E-state index is 13.0. The summed E-state index contributed by atoms with van der Waals surface area (Å²) in [5, 5.41) is 0.883. The van der Waals surface area contributed by atoms with E-state index >= 15 is 0 Å². The fraction of sp³-hybridized carbons (Fsp3) is 0.353. The molecule has 0 bridgehead atoms. The Bertz CT molecular complexity index is 872. The van der Waals surface area contributed by atoms with E-state index in [-0.39, 0.29) is 24.4 Å². The predicted octanol–water partition coefficient (Wildman–Crippen LogP) is 1.19. The van der Waals surface area contributed by atoms with Gasteiger partial charge < -0.3 is 14.8 Å². The van der Waals surface area contributed by atoms with Crippen molar-refractivity contribution < 1.29 is 14.4 Å². The van der Waals surface area contributed by atoms with Crippen molar-refractivity contribution in [3.05, 3.63) is 35.5 Å². The Hall–Kier alpha value is -2.83. The fourth-order valence-corrected chi connectivity index (χ4v) is 3.63. The molecule has 1 unspecified atom stereocenters. The third-order valence-corrected chi connectivity index (χ3v) is 4.92. The molecule has 2 fully saturated rings. The van der Waals surface area contributed by atoms with Gasteiger partial charge in [0.15, 0.2) is 0 Å². The Labute approximate surface area is 138 Å². The Morgan fingerprint density at radius 3 is 2.75 bits per heavy atom. The number of fused-ring (bicyclic) bond motifs is 2. The van der Waals surface area contributed by atoms with Gasteiger partial charge in [-0.2, -0.15) is 0 Å². The van der Waals surface area contributed by atoms with E-state index in [1.54, 1.807) is 9.80 Å². The molecule has 124 valence electrons. The van der Waals surface area contributed by atoms with Crippen LogP contribution in [0.5, 0.6) is 0 Å². The van der Waals surface area contributed by atoms with Crippen LogP contribution in [0.4, 0.5) is 4.79 Å². The summed E-state index contributed by atoms with van der Waals surface area (Å²) in [6, 6.07) is 6.83. The maximum atomic E-state index is 13.0. The molecular weight excluding hydrogens is 308 g/mol. The topological polar surface area (TPSA) is 76.7 Å². The first kappa shape index (κ1) is 14.7. The minimum absolute atomic E-state index is 0.0978. The third-order valence-electron chi connectivity index (χ3n) is 4.92. The highest BCUT2D eigenvalue weighted by Crippen LogP contribution is 2.26. The van der Waals surface area contributed by atoms with Crippen LogP contribution in [0.2, 0.25) is 0 Å². The number of hydrogen-bond acceptors (Lipinski definition) is 3. The van der Waals surface area contributed by atoms with Gasteiger partial charge in [-0.25, -0.2) is 4.79 Å². The van der Waals surface area contributed by atoms with E-state index in [0.717, 1.165) is 21.5 Å². The first-order chi connectivity index (χ1) is 11.5. The monoisotopic (exact) mass is 326 g/mol. The second-order valence-corrected chi connectivity index (χ2v) is 6.31. The average molecular weight is 326 g/mol. The van der Waals surface area contributed by atoms with Gasteiger partial charge >= 0.3 is 6.03 Å². The number of H-pyrrole nitrogens is 1. The van der Waals surface area contributed by atoms with Crippen LogP contribution in [0.1, 0.15) is 16.1 Å². The Morgan fingerprint density at radius 2 is 1.96 bits per heavy atom. The van der Waals surface area contributed by atoms with Crippen molar-refractivity contribution in [1.82, 2.24) is 19.7 Å². The van der Waals surface area contributed by atoms with Crippen LogP contribution >= 0.6 is 0 Å². The summed E-state index contributed by atoms with van der Waals surface area (Å²) >= 11 is 0. The summed E-state index contributed by atoms with van der Waals surface area (Å²) in [6.45, 7) is 2.93. The number of aromatic nitrogens is 1. The number of nitrogens with one attached hydrogen (secondary N) is 1. The lowest BCUT2D eigenvalue weighted by atomic mass is 10.1. The number of rotatable bonds is 1. The van der Waals surface area contributed by atoms with Gasteiger partial charge in [-0.1, -0.05) is 18.2 Å². The molecule has 3 heterocycles. The zero-order valence-corrected chi connectivity index (χ0v) is 13.6. The molecule has 2 saturated heterocycles. The summed E-state index contributed by atoms with van der Waals surface area (Å²) in [4.78, 5) is 44.8. The van der Waals surface area contributed by atoms with Gasteiger partial charge in [-0.05, 0) is 13.0 Å². The Kier molecular flexibility index (Phi) is 3.13. The molecule has 2 aliphatic rings. The largest absolute Gasteiger partial charge is 0.358 e. The number of benzene rings is 1. The van der Waals surface area contributed by atoms with Crippen molar-refractivity contribution in [3.8, 4) is 0 Å². The molecule has 0 radical (unpaired) electrons. The van der Waals surface area contributed by atoms with Crippen molar-refractivity contribution >= 4 is 28.7 Å². The number of carbonyl (C=O) groups is 3. The summed E-state index contributed by atoms with van der Waals surface area (Å²) in [5.41, 5.74) is 2.38. The van der Waals surface area contributed by atoms with Crippen LogP contribution in [0.3, 0.4) is 0 Å². The van der Waals surface area contributed by atoms with Gasteiger partial charge in [0.2, 0.25) is 0 Å². The van der Waals surface area contributed by atoms with Crippen molar-refractivity contribution in [2.75, 3.05) is 26.7 Å². The van der Waals surface area contributed by atoms with E-state index in [1.807, 2.05) is 31.2 Å². The zero-order valence-electron chi connectivity index (χ0n) is 13.6. The molecule has 7 nitrogen and oxygen atoms in total. The average Bonchev–Trinajstić information content (AvgIpc) is 3.03. The first-order valence-electron chi connectivity index (χ1n) is 7.94. The molecule has 4 rings (SSSR count). The smallest absolute Gasteiger partial charge is 0.327 e. The van der Waals surface area contributed by atoms with Crippen molar-refractivity contribution in [1.29, 1.82) is 0 Å². The number of amides is 4. The lowest BCUT2D eigenvalue weighted by molar-refractivity contribution is -0.128. The van der Waals surface area contributed by atoms with Crippen LogP contribution < -0.4 is 0 Å². The number of para-hydroxylation sites is 1. The number of likely N-dealkylation sites (N-methyl/N-ethyl adjacent to an activating group) is 1. The molecule has 0 saturated carbocycles. The second-order valence-electron chi connectivity index (χ2n) is 6.31. The van der Waals surface area contributed by atoms with E-state index < -0.39 is 6.04 Å². The molecule has 24 heavy (non-hydrogen) atoms. The molecule has 1 aromatic heterocycles. The number of urea groups is 1. The van der Waals surface area contributed by atoms with E-state index in [2.05, 4.69) is 4.98 Å². The number of carbonyl (C=O) groups excluding carboxylic acids is 3. The SMILES string of the molecule is Cc1[nH]c2ccccc2c1C(=O)N1CCN2C(=O)N(C)C(=O)C2C1. The summed E-state index contributed by atoms with van der Waals surface area (Å²) < 4.78 is 0. The first-order valence-corrected chi connectivity index (χ1v) is 7.94. The van der Waals surface area contributed by atoms with Gasteiger partial charge in [-0.3, -0.25) is 14.5 Å². The summed E-state index contributed by atoms with van der Waals surface area (Å²) in [6.07, 6.45) is 0. The number of nitrogens with zero attached hydrogens (tertiary/aromatic N) is 3. The van der Waals surface area contributed by atoms with E-state index in [4.69, 9.17) is 0 Å². The van der Waals surface area contributed by atoms with Crippen LogP contribution in [-0.2, 0) is 4.79 Å². The number of hydrogen-bond donors (Lipinski definition) is 1. The van der Waals surface area contributed by atoms with Gasteiger partial charge in [0.05, 0.1) is 12.1 Å². The second kappa shape index (κ2) is 5.09. The minimum atomic E-state index is -0.564. The number of imide groups is 1. The van der Waals surface area contributed by atoms with Crippen LogP contribution in [0.25, 0.3) is 10.9 Å². The van der Waals surface area contributed by atoms with Gasteiger partial charge in [0.25, 0.3) is 11.8 Å². The third kappa shape index (κ3) is 1.94.